The smallest absolute Gasteiger partial charge is 0.382 e. The Morgan fingerprint density at radius 2 is 2.00 bits per heavy atom. The van der Waals surface area contributed by atoms with E-state index in [1.54, 1.807) is 6.07 Å². The van der Waals surface area contributed by atoms with Crippen molar-refractivity contribution in [1.82, 2.24) is 9.78 Å². The molecule has 2 aromatic rings. The first-order valence-electron chi connectivity index (χ1n) is 5.67. The Balaban J connectivity index is 2.44. The van der Waals surface area contributed by atoms with Gasteiger partial charge < -0.3 is 11.1 Å². The molecule has 5 nitrogen and oxygen atoms in total. The number of para-hydroxylation sites is 1. The van der Waals surface area contributed by atoms with Crippen LogP contribution in [0.25, 0.3) is 5.69 Å². The molecule has 0 unspecified atom stereocenters. The molecule has 2 rings (SSSR count). The van der Waals surface area contributed by atoms with Gasteiger partial charge in [-0.25, -0.2) is 9.07 Å². The first-order valence-corrected chi connectivity index (χ1v) is 5.67. The Kier molecular flexibility index (Phi) is 3.71. The predicted octanol–water partition coefficient (Wildman–Crippen LogP) is 2.44. The average Bonchev–Trinajstić information content (AvgIpc) is 2.72. The van der Waals surface area contributed by atoms with Crippen LogP contribution in [0.3, 0.4) is 0 Å². The maximum absolute atomic E-state index is 13.7. The Labute approximate surface area is 116 Å². The van der Waals surface area contributed by atoms with E-state index in [1.807, 2.05) is 5.32 Å². The highest BCUT2D eigenvalue weighted by molar-refractivity contribution is 5.66. The average molecular weight is 299 g/mol. The molecular weight excluding hydrogens is 290 g/mol. The molecule has 0 saturated carbocycles. The van der Waals surface area contributed by atoms with E-state index in [4.69, 9.17) is 11.0 Å². The van der Waals surface area contributed by atoms with Crippen LogP contribution in [0.1, 0.15) is 5.56 Å². The third-order valence-electron chi connectivity index (χ3n) is 2.57. The minimum Gasteiger partial charge on any atom is -0.382 e. The van der Waals surface area contributed by atoms with E-state index in [9.17, 15) is 17.6 Å². The van der Waals surface area contributed by atoms with Crippen molar-refractivity contribution in [2.75, 3.05) is 17.6 Å². The van der Waals surface area contributed by atoms with Gasteiger partial charge in [-0.1, -0.05) is 12.1 Å². The fourth-order valence-electron chi connectivity index (χ4n) is 1.66. The summed E-state index contributed by atoms with van der Waals surface area (Å²) >= 11 is 0. The molecule has 0 fully saturated rings. The van der Waals surface area contributed by atoms with E-state index in [-0.39, 0.29) is 22.9 Å². The van der Waals surface area contributed by atoms with Gasteiger partial charge in [-0.3, -0.25) is 0 Å². The number of halogens is 4. The molecule has 0 amide bonds. The normalized spacial score (nSPS) is 11.2. The Hall–Kier alpha value is -2.76. The SMILES string of the molecule is N#Cc1c(NCC(F)(F)F)nn(-c2ccccc2F)c1N. The number of aromatic nitrogens is 2. The fraction of sp³-hybridized carbons (Fsp3) is 0.167. The summed E-state index contributed by atoms with van der Waals surface area (Å²) in [5.41, 5.74) is 5.31. The van der Waals surface area contributed by atoms with Crippen LogP contribution in [0.15, 0.2) is 24.3 Å². The number of nitriles is 1. The number of nitrogens with zero attached hydrogens (tertiary/aromatic N) is 3. The topological polar surface area (TPSA) is 79.7 Å². The number of nitrogen functional groups attached to an aromatic ring is 1. The van der Waals surface area contributed by atoms with E-state index in [2.05, 4.69) is 5.10 Å². The molecular formula is C12H9F4N5. The lowest BCUT2D eigenvalue weighted by molar-refractivity contribution is -0.115. The van der Waals surface area contributed by atoms with Crippen LogP contribution in [-0.2, 0) is 0 Å². The second kappa shape index (κ2) is 5.32. The van der Waals surface area contributed by atoms with Gasteiger partial charge in [-0.2, -0.15) is 18.4 Å². The number of nitrogens with one attached hydrogen (secondary N) is 1. The lowest BCUT2D eigenvalue weighted by atomic mass is 10.3. The lowest BCUT2D eigenvalue weighted by Gasteiger charge is -2.07. The van der Waals surface area contributed by atoms with Crippen LogP contribution < -0.4 is 11.1 Å². The van der Waals surface area contributed by atoms with E-state index < -0.39 is 18.5 Å². The lowest BCUT2D eigenvalue weighted by Crippen LogP contribution is -2.22. The van der Waals surface area contributed by atoms with Crippen LogP contribution >= 0.6 is 0 Å². The van der Waals surface area contributed by atoms with E-state index in [0.717, 1.165) is 10.7 Å². The summed E-state index contributed by atoms with van der Waals surface area (Å²) in [6, 6.07) is 7.08. The predicted molar refractivity (Wildman–Crippen MR) is 67.2 cm³/mol. The molecule has 0 aliphatic heterocycles. The quantitative estimate of drug-likeness (QED) is 0.853. The molecule has 0 atom stereocenters. The third-order valence-corrected chi connectivity index (χ3v) is 2.57. The van der Waals surface area contributed by atoms with Crippen molar-refractivity contribution in [3.05, 3.63) is 35.6 Å². The summed E-state index contributed by atoms with van der Waals surface area (Å²) in [5.74, 6) is -1.26. The highest BCUT2D eigenvalue weighted by atomic mass is 19.4. The van der Waals surface area contributed by atoms with Crippen molar-refractivity contribution in [1.29, 1.82) is 5.26 Å². The Bertz CT molecular complexity index is 699. The second-order valence-corrected chi connectivity index (χ2v) is 4.05. The zero-order valence-electron chi connectivity index (χ0n) is 10.4. The van der Waals surface area contributed by atoms with Gasteiger partial charge in [0.25, 0.3) is 0 Å². The van der Waals surface area contributed by atoms with Crippen molar-refractivity contribution in [2.45, 2.75) is 6.18 Å². The molecule has 0 bridgehead atoms. The van der Waals surface area contributed by atoms with E-state index >= 15 is 0 Å². The van der Waals surface area contributed by atoms with Gasteiger partial charge in [0.15, 0.2) is 5.82 Å². The number of anilines is 2. The monoisotopic (exact) mass is 299 g/mol. The molecule has 0 aliphatic carbocycles. The number of nitrogens with two attached hydrogens (primary N) is 1. The molecule has 21 heavy (non-hydrogen) atoms. The number of hydrogen-bond acceptors (Lipinski definition) is 4. The van der Waals surface area contributed by atoms with Crippen LogP contribution in [0.2, 0.25) is 0 Å². The molecule has 1 heterocycles. The molecule has 0 saturated heterocycles. The van der Waals surface area contributed by atoms with Gasteiger partial charge in [0, 0.05) is 0 Å². The van der Waals surface area contributed by atoms with Gasteiger partial charge >= 0.3 is 6.18 Å². The number of rotatable bonds is 3. The first-order chi connectivity index (χ1) is 9.83. The van der Waals surface area contributed by atoms with Crippen molar-refractivity contribution >= 4 is 11.6 Å². The second-order valence-electron chi connectivity index (χ2n) is 4.05. The zero-order valence-corrected chi connectivity index (χ0v) is 10.4. The van der Waals surface area contributed by atoms with Gasteiger partial charge in [0.05, 0.1) is 0 Å². The number of alkyl halides is 3. The molecule has 0 spiro atoms. The van der Waals surface area contributed by atoms with E-state index in [0.29, 0.717) is 0 Å². The summed E-state index contributed by atoms with van der Waals surface area (Å²) in [6.45, 7) is -1.38. The van der Waals surface area contributed by atoms with Gasteiger partial charge in [0.2, 0.25) is 0 Å². The summed E-state index contributed by atoms with van der Waals surface area (Å²) in [7, 11) is 0. The molecule has 1 aromatic carbocycles. The fourth-order valence-corrected chi connectivity index (χ4v) is 1.66. The summed E-state index contributed by atoms with van der Waals surface area (Å²) < 4.78 is 51.2. The Morgan fingerprint density at radius 1 is 1.33 bits per heavy atom. The van der Waals surface area contributed by atoms with Crippen LogP contribution in [0.4, 0.5) is 29.2 Å². The van der Waals surface area contributed by atoms with Crippen LogP contribution in [-0.4, -0.2) is 22.5 Å². The maximum atomic E-state index is 13.7. The third kappa shape index (κ3) is 3.05. The van der Waals surface area contributed by atoms with Crippen LogP contribution in [0.5, 0.6) is 0 Å². The zero-order chi connectivity index (χ0) is 15.6. The highest BCUT2D eigenvalue weighted by Crippen LogP contribution is 2.26. The van der Waals surface area contributed by atoms with Crippen molar-refractivity contribution in [3.8, 4) is 11.8 Å². The van der Waals surface area contributed by atoms with Crippen molar-refractivity contribution in [2.24, 2.45) is 0 Å². The molecule has 3 N–H and O–H groups in total. The molecule has 0 radical (unpaired) electrons. The van der Waals surface area contributed by atoms with Gasteiger partial charge in [-0.05, 0) is 12.1 Å². The van der Waals surface area contributed by atoms with Gasteiger partial charge in [0.1, 0.15) is 35.5 Å². The maximum Gasteiger partial charge on any atom is 0.405 e. The largest absolute Gasteiger partial charge is 0.405 e. The highest BCUT2D eigenvalue weighted by Gasteiger charge is 2.28. The summed E-state index contributed by atoms with van der Waals surface area (Å²) in [6.07, 6.45) is -4.48. The van der Waals surface area contributed by atoms with E-state index in [1.165, 1.54) is 18.2 Å². The van der Waals surface area contributed by atoms with Crippen LogP contribution in [0, 0.1) is 17.1 Å². The minimum absolute atomic E-state index is 0.0634. The molecule has 1 aromatic heterocycles. The number of benzene rings is 1. The standard InChI is InChI=1S/C12H9F4N5/c13-8-3-1-2-4-9(8)21-10(18)7(5-17)11(20-21)19-6-12(14,15)16/h1-4H,6,18H2,(H,19,20). The molecule has 0 aliphatic rings. The summed E-state index contributed by atoms with van der Waals surface area (Å²) in [4.78, 5) is 0. The van der Waals surface area contributed by atoms with Crippen molar-refractivity contribution < 1.29 is 17.6 Å². The van der Waals surface area contributed by atoms with Crippen molar-refractivity contribution in [3.63, 3.8) is 0 Å². The molecule has 9 heteroatoms. The summed E-state index contributed by atoms with van der Waals surface area (Å²) in [5, 5.41) is 14.7. The Morgan fingerprint density at radius 3 is 2.57 bits per heavy atom. The number of hydrogen-bond donors (Lipinski definition) is 2. The minimum atomic E-state index is -4.48. The molecule has 110 valence electrons. The van der Waals surface area contributed by atoms with Gasteiger partial charge in [-0.15, -0.1) is 5.10 Å². The first kappa shape index (κ1) is 14.6.